The van der Waals surface area contributed by atoms with Gasteiger partial charge in [0.15, 0.2) is 6.10 Å². The molecule has 0 fully saturated rings. The summed E-state index contributed by atoms with van der Waals surface area (Å²) in [7, 11) is 1.76. The molecule has 27 heavy (non-hydrogen) atoms. The maximum atomic E-state index is 12.2. The van der Waals surface area contributed by atoms with Crippen molar-refractivity contribution in [1.82, 2.24) is 9.78 Å². The van der Waals surface area contributed by atoms with E-state index in [2.05, 4.69) is 10.4 Å². The monoisotopic (exact) mass is 372 g/mol. The second-order valence-corrected chi connectivity index (χ2v) is 5.89. The molecule has 9 nitrogen and oxygen atoms in total. The summed E-state index contributed by atoms with van der Waals surface area (Å²) in [5.74, 6) is -1.28. The van der Waals surface area contributed by atoms with Crippen LogP contribution >= 0.6 is 0 Å². The third-order valence-corrected chi connectivity index (χ3v) is 3.95. The van der Waals surface area contributed by atoms with Gasteiger partial charge in [-0.3, -0.25) is 19.6 Å². The summed E-state index contributed by atoms with van der Waals surface area (Å²) in [4.78, 5) is 34.6. The minimum atomic E-state index is -1.05. The summed E-state index contributed by atoms with van der Waals surface area (Å²) in [5, 5.41) is 17.8. The Bertz CT molecular complexity index is 916. The fourth-order valence-electron chi connectivity index (χ4n) is 2.40. The molecule has 9 heteroatoms. The molecule has 0 aliphatic carbocycles. The van der Waals surface area contributed by atoms with Crippen molar-refractivity contribution in [3.8, 4) is 0 Å². The predicted octanol–water partition coefficient (Wildman–Crippen LogP) is 2.53. The van der Waals surface area contributed by atoms with E-state index in [-0.39, 0.29) is 11.3 Å². The summed E-state index contributed by atoms with van der Waals surface area (Å²) in [5.41, 5.74) is 2.13. The molecule has 1 atom stereocenters. The van der Waals surface area contributed by atoms with Crippen LogP contribution in [0.4, 0.5) is 11.4 Å². The second-order valence-electron chi connectivity index (χ2n) is 5.89. The van der Waals surface area contributed by atoms with Crippen molar-refractivity contribution in [2.75, 3.05) is 5.32 Å². The summed E-state index contributed by atoms with van der Waals surface area (Å²) >= 11 is 0. The van der Waals surface area contributed by atoms with Crippen LogP contribution in [0.5, 0.6) is 0 Å². The van der Waals surface area contributed by atoms with E-state index >= 15 is 0 Å². The topological polar surface area (TPSA) is 116 Å². The largest absolute Gasteiger partial charge is 0.449 e. The highest BCUT2D eigenvalue weighted by Gasteiger charge is 2.20. The molecule has 1 amide bonds. The molecule has 1 heterocycles. The Kier molecular flexibility index (Phi) is 6.07. The van der Waals surface area contributed by atoms with Gasteiger partial charge < -0.3 is 10.1 Å². The van der Waals surface area contributed by atoms with Crippen molar-refractivity contribution in [2.24, 2.45) is 7.05 Å². The molecule has 0 unspecified atom stereocenters. The smallest absolute Gasteiger partial charge is 0.331 e. The minimum absolute atomic E-state index is 0.130. The standard InChI is InChI=1S/C18H20N4O5/c1-11-17(12(2)21(4)20-11)19-18(24)13(3)27-16(23)10-9-14-7-5-6-8-15(14)22(25)26/h5-10,13H,1-4H3,(H,19,24)/b10-9+/t13-/m1/s1. The van der Waals surface area contributed by atoms with Crippen LogP contribution in [0.1, 0.15) is 23.9 Å². The Morgan fingerprint density at radius 3 is 2.59 bits per heavy atom. The van der Waals surface area contributed by atoms with Gasteiger partial charge in [-0.05, 0) is 32.9 Å². The van der Waals surface area contributed by atoms with Gasteiger partial charge in [-0.1, -0.05) is 12.1 Å². The molecule has 0 saturated heterocycles. The summed E-state index contributed by atoms with van der Waals surface area (Å²) in [6.45, 7) is 5.00. The average molecular weight is 372 g/mol. The van der Waals surface area contributed by atoms with Crippen LogP contribution in [0.3, 0.4) is 0 Å². The van der Waals surface area contributed by atoms with E-state index in [0.29, 0.717) is 11.4 Å². The van der Waals surface area contributed by atoms with E-state index in [1.165, 1.54) is 31.2 Å². The van der Waals surface area contributed by atoms with E-state index < -0.39 is 22.9 Å². The lowest BCUT2D eigenvalue weighted by Crippen LogP contribution is -2.29. The van der Waals surface area contributed by atoms with Gasteiger partial charge in [-0.2, -0.15) is 5.10 Å². The molecule has 0 aliphatic rings. The van der Waals surface area contributed by atoms with Gasteiger partial charge in [0.05, 0.1) is 27.6 Å². The number of nitrogens with zero attached hydrogens (tertiary/aromatic N) is 3. The summed E-state index contributed by atoms with van der Waals surface area (Å²) in [6, 6.07) is 5.99. The van der Waals surface area contributed by atoms with Gasteiger partial charge in [0.2, 0.25) is 0 Å². The van der Waals surface area contributed by atoms with Gasteiger partial charge in [0.25, 0.3) is 11.6 Å². The lowest BCUT2D eigenvalue weighted by Gasteiger charge is -2.12. The predicted molar refractivity (Wildman–Crippen MR) is 99.0 cm³/mol. The Hall–Kier alpha value is -3.49. The first-order valence-electron chi connectivity index (χ1n) is 8.14. The number of amides is 1. The van der Waals surface area contributed by atoms with Crippen molar-refractivity contribution >= 4 is 29.3 Å². The van der Waals surface area contributed by atoms with Crippen molar-refractivity contribution in [2.45, 2.75) is 26.9 Å². The van der Waals surface area contributed by atoms with Gasteiger partial charge in [0, 0.05) is 19.2 Å². The Morgan fingerprint density at radius 2 is 2.00 bits per heavy atom. The molecule has 2 aromatic rings. The first-order chi connectivity index (χ1) is 12.7. The van der Waals surface area contributed by atoms with Crippen molar-refractivity contribution in [3.63, 3.8) is 0 Å². The van der Waals surface area contributed by atoms with Crippen LogP contribution < -0.4 is 5.32 Å². The number of aromatic nitrogens is 2. The van der Waals surface area contributed by atoms with Gasteiger partial charge >= 0.3 is 5.97 Å². The molecule has 2 rings (SSSR count). The number of nitro groups is 1. The van der Waals surface area contributed by atoms with Gasteiger partial charge in [0.1, 0.15) is 0 Å². The van der Waals surface area contributed by atoms with E-state index in [1.54, 1.807) is 24.7 Å². The number of nitro benzene ring substituents is 1. The maximum Gasteiger partial charge on any atom is 0.331 e. The number of hydrogen-bond donors (Lipinski definition) is 1. The number of carbonyl (C=O) groups is 2. The minimum Gasteiger partial charge on any atom is -0.449 e. The van der Waals surface area contributed by atoms with Gasteiger partial charge in [-0.25, -0.2) is 4.79 Å². The molecule has 0 aliphatic heterocycles. The Labute approximate surface area is 155 Å². The number of carbonyl (C=O) groups excluding carboxylic acids is 2. The first-order valence-corrected chi connectivity index (χ1v) is 8.14. The van der Waals surface area contributed by atoms with E-state index in [9.17, 15) is 19.7 Å². The normalized spacial score (nSPS) is 12.0. The second kappa shape index (κ2) is 8.26. The number of anilines is 1. The molecule has 0 spiro atoms. The summed E-state index contributed by atoms with van der Waals surface area (Å²) < 4.78 is 6.69. The number of hydrogen-bond acceptors (Lipinski definition) is 6. The van der Waals surface area contributed by atoms with Crippen molar-refractivity contribution in [1.29, 1.82) is 0 Å². The molecule has 0 saturated carbocycles. The third kappa shape index (κ3) is 4.78. The third-order valence-electron chi connectivity index (χ3n) is 3.95. The van der Waals surface area contributed by atoms with Crippen LogP contribution in [0.2, 0.25) is 0 Å². The lowest BCUT2D eigenvalue weighted by atomic mass is 10.1. The highest BCUT2D eigenvalue weighted by Crippen LogP contribution is 2.20. The Morgan fingerprint density at radius 1 is 1.33 bits per heavy atom. The molecule has 1 aromatic carbocycles. The van der Waals surface area contributed by atoms with E-state index in [4.69, 9.17) is 4.74 Å². The fraction of sp³-hybridized carbons (Fsp3) is 0.278. The number of rotatable bonds is 6. The number of benzene rings is 1. The van der Waals surface area contributed by atoms with Crippen LogP contribution in [0, 0.1) is 24.0 Å². The first kappa shape index (κ1) is 19.8. The van der Waals surface area contributed by atoms with Crippen LogP contribution in [0.15, 0.2) is 30.3 Å². The van der Waals surface area contributed by atoms with Crippen LogP contribution in [-0.2, 0) is 21.4 Å². The molecule has 1 aromatic heterocycles. The highest BCUT2D eigenvalue weighted by molar-refractivity contribution is 5.97. The average Bonchev–Trinajstić information content (AvgIpc) is 2.86. The quantitative estimate of drug-likeness (QED) is 0.360. The van der Waals surface area contributed by atoms with Crippen molar-refractivity contribution in [3.05, 3.63) is 57.4 Å². The zero-order valence-electron chi connectivity index (χ0n) is 15.4. The van der Waals surface area contributed by atoms with Crippen molar-refractivity contribution < 1.29 is 19.2 Å². The van der Waals surface area contributed by atoms with E-state index in [1.807, 2.05) is 6.92 Å². The number of esters is 1. The molecular weight excluding hydrogens is 352 g/mol. The molecular formula is C18H20N4O5. The maximum absolute atomic E-state index is 12.2. The fourth-order valence-corrected chi connectivity index (χ4v) is 2.40. The van der Waals surface area contributed by atoms with E-state index in [0.717, 1.165) is 11.8 Å². The van der Waals surface area contributed by atoms with Crippen LogP contribution in [0.25, 0.3) is 6.08 Å². The molecule has 142 valence electrons. The zero-order chi connectivity index (χ0) is 20.1. The summed E-state index contributed by atoms with van der Waals surface area (Å²) in [6.07, 6.45) is 1.28. The molecule has 1 N–H and O–H groups in total. The van der Waals surface area contributed by atoms with Crippen LogP contribution in [-0.4, -0.2) is 32.7 Å². The number of para-hydroxylation sites is 1. The van der Waals surface area contributed by atoms with Gasteiger partial charge in [-0.15, -0.1) is 0 Å². The number of ether oxygens (including phenoxy) is 1. The highest BCUT2D eigenvalue weighted by atomic mass is 16.6. The lowest BCUT2D eigenvalue weighted by molar-refractivity contribution is -0.385. The number of nitrogens with one attached hydrogen (secondary N) is 1. The zero-order valence-corrected chi connectivity index (χ0v) is 15.4. The SMILES string of the molecule is Cc1nn(C)c(C)c1NC(=O)[C@@H](C)OC(=O)/C=C/c1ccccc1[N+](=O)[O-]. The number of aryl methyl sites for hydroxylation is 2. The Balaban J connectivity index is 2.01. The molecule has 0 bridgehead atoms. The molecule has 0 radical (unpaired) electrons.